The van der Waals surface area contributed by atoms with Crippen LogP contribution in [0.5, 0.6) is 0 Å². The number of anilines is 1. The first-order valence-electron chi connectivity index (χ1n) is 8.08. The Balaban J connectivity index is 0.00000150. The summed E-state index contributed by atoms with van der Waals surface area (Å²) in [4.78, 5) is 9.41. The van der Waals surface area contributed by atoms with Crippen LogP contribution in [0.15, 0.2) is 70.1 Å². The zero-order chi connectivity index (χ0) is 18.8. The summed E-state index contributed by atoms with van der Waals surface area (Å²) in [5.74, 6) is 0.722. The molecule has 0 saturated carbocycles. The minimum atomic E-state index is -1.17. The van der Waals surface area contributed by atoms with E-state index in [1.807, 2.05) is 48.5 Å². The van der Waals surface area contributed by atoms with Crippen LogP contribution in [0.3, 0.4) is 0 Å². The summed E-state index contributed by atoms with van der Waals surface area (Å²) in [6.45, 7) is 0. The number of nitrogens with two attached hydrogens (primary N) is 1. The van der Waals surface area contributed by atoms with Gasteiger partial charge in [-0.25, -0.2) is 9.97 Å². The lowest BCUT2D eigenvalue weighted by atomic mass is 10.1. The van der Waals surface area contributed by atoms with Crippen molar-refractivity contribution in [2.45, 2.75) is 4.90 Å². The van der Waals surface area contributed by atoms with E-state index < -0.39 is 10.8 Å². The van der Waals surface area contributed by atoms with E-state index in [-0.39, 0.29) is 14.6 Å². The van der Waals surface area contributed by atoms with Gasteiger partial charge in [0.25, 0.3) is 5.89 Å². The number of aromatic nitrogens is 4. The smallest absolute Gasteiger partial charge is 0.270 e. The van der Waals surface area contributed by atoms with Crippen molar-refractivity contribution in [1.29, 1.82) is 0 Å². The van der Waals surface area contributed by atoms with Crippen molar-refractivity contribution in [3.05, 3.63) is 60.8 Å². The molecule has 1 unspecified atom stereocenters. The molecular weight excluding hydrogens is 362 g/mol. The van der Waals surface area contributed by atoms with E-state index in [0.29, 0.717) is 22.2 Å². The van der Waals surface area contributed by atoms with E-state index in [0.717, 1.165) is 11.1 Å². The molecule has 0 fully saturated rings. The van der Waals surface area contributed by atoms with Crippen LogP contribution in [0, 0.1) is 0 Å². The Hall–Kier alpha value is -3.39. The van der Waals surface area contributed by atoms with Gasteiger partial charge in [-0.1, -0.05) is 36.4 Å². The van der Waals surface area contributed by atoms with Crippen LogP contribution in [0.1, 0.15) is 2.85 Å². The molecule has 0 aliphatic rings. The van der Waals surface area contributed by atoms with E-state index >= 15 is 0 Å². The van der Waals surface area contributed by atoms with Gasteiger partial charge in [-0.2, -0.15) is 0 Å². The van der Waals surface area contributed by atoms with Crippen LogP contribution in [0.2, 0.25) is 0 Å². The monoisotopic (exact) mass is 381 g/mol. The standard InChI is InChI=1S/C19H15N5O2S.2H2/c1-27(25)15-10-6-5-9-13(15)14-11-21-17(20)16(22-14)19-24-23-18(26-19)12-7-3-2-4-8-12;;/h2-11H,1H3,(H2,20,21);2*1H. The second-order valence-corrected chi connectivity index (χ2v) is 7.07. The fraction of sp³-hybridized carbons (Fsp3) is 0.0526. The number of rotatable bonds is 4. The maximum absolute atomic E-state index is 12.0. The SMILES string of the molecule is CS(=O)c1ccccc1-c1cnc(N)c(-c2nnc(-c3ccccc3)o2)n1.[HH].[HH]. The molecule has 0 aliphatic heterocycles. The van der Waals surface area contributed by atoms with E-state index in [2.05, 4.69) is 20.2 Å². The Morgan fingerprint density at radius 3 is 2.48 bits per heavy atom. The highest BCUT2D eigenvalue weighted by Crippen LogP contribution is 2.29. The molecule has 2 aromatic carbocycles. The highest BCUT2D eigenvalue weighted by atomic mass is 32.2. The average Bonchev–Trinajstić information content (AvgIpc) is 3.19. The van der Waals surface area contributed by atoms with Crippen molar-refractivity contribution in [2.75, 3.05) is 12.0 Å². The van der Waals surface area contributed by atoms with Crippen LogP contribution < -0.4 is 5.73 Å². The van der Waals surface area contributed by atoms with Gasteiger partial charge in [-0.3, -0.25) is 4.21 Å². The van der Waals surface area contributed by atoms with Gasteiger partial charge >= 0.3 is 0 Å². The third-order valence-electron chi connectivity index (χ3n) is 3.92. The maximum atomic E-state index is 12.0. The molecule has 2 heterocycles. The first-order valence-corrected chi connectivity index (χ1v) is 9.64. The number of hydrogen-bond donors (Lipinski definition) is 1. The van der Waals surface area contributed by atoms with Crippen molar-refractivity contribution in [3.63, 3.8) is 0 Å². The average molecular weight is 381 g/mol. The van der Waals surface area contributed by atoms with Crippen molar-refractivity contribution >= 4 is 16.6 Å². The Bertz CT molecular complexity index is 1140. The van der Waals surface area contributed by atoms with Crippen LogP contribution in [-0.4, -0.2) is 30.6 Å². The van der Waals surface area contributed by atoms with Gasteiger partial charge < -0.3 is 10.2 Å². The normalized spacial score (nSPS) is 12.0. The van der Waals surface area contributed by atoms with E-state index in [9.17, 15) is 4.21 Å². The number of nitrogens with zero attached hydrogens (tertiary/aromatic N) is 4. The molecule has 8 heteroatoms. The molecule has 2 aromatic heterocycles. The van der Waals surface area contributed by atoms with Crippen molar-refractivity contribution in [3.8, 4) is 34.3 Å². The zero-order valence-electron chi connectivity index (χ0n) is 14.4. The van der Waals surface area contributed by atoms with Crippen LogP contribution in [0.25, 0.3) is 34.3 Å². The van der Waals surface area contributed by atoms with Gasteiger partial charge in [0.1, 0.15) is 0 Å². The summed E-state index contributed by atoms with van der Waals surface area (Å²) in [5, 5.41) is 8.12. The van der Waals surface area contributed by atoms with E-state index in [1.165, 1.54) is 0 Å². The molecule has 27 heavy (non-hydrogen) atoms. The molecule has 2 N–H and O–H groups in total. The molecule has 4 rings (SSSR count). The molecule has 0 radical (unpaired) electrons. The zero-order valence-corrected chi connectivity index (χ0v) is 15.2. The highest BCUT2D eigenvalue weighted by molar-refractivity contribution is 7.84. The largest absolute Gasteiger partial charge is 0.414 e. The lowest BCUT2D eigenvalue weighted by Gasteiger charge is -2.08. The summed E-state index contributed by atoms with van der Waals surface area (Å²) in [6, 6.07) is 16.7. The molecule has 0 saturated heterocycles. The van der Waals surface area contributed by atoms with Gasteiger partial charge in [0.05, 0.1) is 22.7 Å². The topological polar surface area (TPSA) is 108 Å². The lowest BCUT2D eigenvalue weighted by molar-refractivity contribution is 0.582. The summed E-state index contributed by atoms with van der Waals surface area (Å²) in [7, 11) is -1.17. The molecule has 0 bridgehead atoms. The Labute approximate surface area is 160 Å². The van der Waals surface area contributed by atoms with Gasteiger partial charge in [-0.05, 0) is 18.2 Å². The molecule has 138 valence electrons. The highest BCUT2D eigenvalue weighted by Gasteiger charge is 2.18. The first kappa shape index (κ1) is 17.0. The van der Waals surface area contributed by atoms with E-state index in [1.54, 1.807) is 18.5 Å². The van der Waals surface area contributed by atoms with Crippen LogP contribution >= 0.6 is 0 Å². The number of nitrogen functional groups attached to an aromatic ring is 1. The third kappa shape index (κ3) is 3.34. The Morgan fingerprint density at radius 2 is 1.70 bits per heavy atom. The van der Waals surface area contributed by atoms with Gasteiger partial charge in [-0.15, -0.1) is 10.2 Å². The van der Waals surface area contributed by atoms with Crippen molar-refractivity contribution in [2.24, 2.45) is 0 Å². The van der Waals surface area contributed by atoms with Crippen molar-refractivity contribution < 1.29 is 11.5 Å². The Morgan fingerprint density at radius 1 is 1.00 bits per heavy atom. The first-order chi connectivity index (χ1) is 13.1. The lowest BCUT2D eigenvalue weighted by Crippen LogP contribution is -2.01. The fourth-order valence-electron chi connectivity index (χ4n) is 2.63. The number of benzene rings is 2. The number of hydrogen-bond acceptors (Lipinski definition) is 7. The quantitative estimate of drug-likeness (QED) is 0.574. The fourth-order valence-corrected chi connectivity index (χ4v) is 3.38. The minimum absolute atomic E-state index is 0. The summed E-state index contributed by atoms with van der Waals surface area (Å²) >= 11 is 0. The molecular formula is C19H19N5O2S. The van der Waals surface area contributed by atoms with Crippen LogP contribution in [0.4, 0.5) is 5.82 Å². The van der Waals surface area contributed by atoms with Gasteiger partial charge in [0.15, 0.2) is 11.5 Å². The molecule has 7 nitrogen and oxygen atoms in total. The molecule has 4 aromatic rings. The van der Waals surface area contributed by atoms with Crippen LogP contribution in [-0.2, 0) is 10.8 Å². The summed E-state index contributed by atoms with van der Waals surface area (Å²) < 4.78 is 17.8. The minimum Gasteiger partial charge on any atom is -0.414 e. The molecule has 0 aliphatic carbocycles. The summed E-state index contributed by atoms with van der Waals surface area (Å²) in [5.41, 5.74) is 8.32. The maximum Gasteiger partial charge on any atom is 0.270 e. The third-order valence-corrected chi connectivity index (χ3v) is 4.90. The summed E-state index contributed by atoms with van der Waals surface area (Å²) in [6.07, 6.45) is 3.16. The molecule has 0 amide bonds. The predicted octanol–water partition coefficient (Wildman–Crippen LogP) is 3.67. The second-order valence-electron chi connectivity index (χ2n) is 5.72. The van der Waals surface area contributed by atoms with Gasteiger partial charge in [0.2, 0.25) is 5.89 Å². The molecule has 0 spiro atoms. The molecule has 1 atom stereocenters. The van der Waals surface area contributed by atoms with Gasteiger partial charge in [0, 0.05) is 25.1 Å². The predicted molar refractivity (Wildman–Crippen MR) is 107 cm³/mol. The second kappa shape index (κ2) is 7.08. The van der Waals surface area contributed by atoms with Crippen molar-refractivity contribution in [1.82, 2.24) is 20.2 Å². The Kier molecular flexibility index (Phi) is 4.47. The van der Waals surface area contributed by atoms with E-state index in [4.69, 9.17) is 10.2 Å².